The molecule has 1 amide bonds. The van der Waals surface area contributed by atoms with Crippen LogP contribution < -0.4 is 11.3 Å². The highest BCUT2D eigenvalue weighted by Gasteiger charge is 2.68. The van der Waals surface area contributed by atoms with Crippen molar-refractivity contribution in [2.45, 2.75) is 19.0 Å². The maximum absolute atomic E-state index is 12.0. The molecule has 0 radical (unpaired) electrons. The van der Waals surface area contributed by atoms with E-state index in [9.17, 15) is 18.0 Å². The van der Waals surface area contributed by atoms with Crippen LogP contribution in [0.4, 0.5) is 13.2 Å². The molecule has 0 aromatic heterocycles. The summed E-state index contributed by atoms with van der Waals surface area (Å²) in [6.07, 6.45) is -4.77. The van der Waals surface area contributed by atoms with E-state index in [1.54, 1.807) is 0 Å². The number of rotatable bonds is 1. The van der Waals surface area contributed by atoms with Gasteiger partial charge in [-0.05, 0) is 12.8 Å². The zero-order valence-corrected chi connectivity index (χ0v) is 6.76. The quantitative estimate of drug-likeness (QED) is 0.376. The molecule has 3 nitrogen and oxygen atoms in total. The summed E-state index contributed by atoms with van der Waals surface area (Å²) in [5, 5.41) is 0. The molecule has 0 aromatic rings. The van der Waals surface area contributed by atoms with Crippen molar-refractivity contribution in [1.82, 2.24) is 5.43 Å². The largest absolute Gasteiger partial charge is 0.403 e. The van der Waals surface area contributed by atoms with Gasteiger partial charge in [0.05, 0.1) is 0 Å². The van der Waals surface area contributed by atoms with E-state index in [1.165, 1.54) is 5.43 Å². The fourth-order valence-corrected chi connectivity index (χ4v) is 0.902. The molecule has 72 valence electrons. The van der Waals surface area contributed by atoms with Gasteiger partial charge in [-0.3, -0.25) is 10.2 Å². The molecule has 0 atom stereocenters. The van der Waals surface area contributed by atoms with Gasteiger partial charge in [-0.15, -0.1) is 12.4 Å². The third kappa shape index (κ3) is 1.49. The van der Waals surface area contributed by atoms with E-state index >= 15 is 0 Å². The van der Waals surface area contributed by atoms with Crippen molar-refractivity contribution in [3.05, 3.63) is 0 Å². The smallest absolute Gasteiger partial charge is 0.293 e. The van der Waals surface area contributed by atoms with E-state index in [0.717, 1.165) is 0 Å². The molecule has 0 saturated heterocycles. The fourth-order valence-electron chi connectivity index (χ4n) is 0.902. The molecule has 0 aromatic carbocycles. The van der Waals surface area contributed by atoms with Crippen LogP contribution in [0.25, 0.3) is 0 Å². The topological polar surface area (TPSA) is 55.1 Å². The Labute approximate surface area is 72.9 Å². The molecule has 0 bridgehead atoms. The Morgan fingerprint density at radius 1 is 1.42 bits per heavy atom. The summed E-state index contributed by atoms with van der Waals surface area (Å²) in [6, 6.07) is 0. The highest BCUT2D eigenvalue weighted by molar-refractivity contribution is 5.85. The van der Waals surface area contributed by atoms with E-state index in [4.69, 9.17) is 0 Å². The summed E-state index contributed by atoms with van der Waals surface area (Å²) in [7, 11) is 0. The van der Waals surface area contributed by atoms with Gasteiger partial charge in [-0.2, -0.15) is 13.2 Å². The second-order valence-corrected chi connectivity index (χ2v) is 2.55. The maximum Gasteiger partial charge on any atom is 0.403 e. The zero-order valence-electron chi connectivity index (χ0n) is 5.94. The lowest BCUT2D eigenvalue weighted by Crippen LogP contribution is -2.44. The fraction of sp³-hybridized carbons (Fsp3) is 0.800. The molecule has 1 aliphatic rings. The Balaban J connectivity index is 0.00000121. The van der Waals surface area contributed by atoms with Gasteiger partial charge in [0.1, 0.15) is 5.41 Å². The summed E-state index contributed by atoms with van der Waals surface area (Å²) < 4.78 is 36.1. The lowest BCUT2D eigenvalue weighted by Gasteiger charge is -2.16. The maximum atomic E-state index is 12.0. The molecule has 1 aliphatic carbocycles. The SMILES string of the molecule is Cl.NNC(=O)C1(C(F)(F)F)CC1. The number of hydrazine groups is 1. The van der Waals surface area contributed by atoms with Crippen LogP contribution in [0, 0.1) is 5.41 Å². The number of nitrogens with one attached hydrogen (secondary N) is 1. The summed E-state index contributed by atoms with van der Waals surface area (Å²) in [4.78, 5) is 10.6. The average molecular weight is 205 g/mol. The van der Waals surface area contributed by atoms with Gasteiger partial charge in [0.15, 0.2) is 0 Å². The second kappa shape index (κ2) is 3.10. The van der Waals surface area contributed by atoms with Crippen LogP contribution in [0.3, 0.4) is 0 Å². The predicted molar refractivity (Wildman–Crippen MR) is 37.3 cm³/mol. The Kier molecular flexibility index (Phi) is 2.97. The van der Waals surface area contributed by atoms with Crippen molar-refractivity contribution in [2.24, 2.45) is 11.3 Å². The third-order valence-electron chi connectivity index (χ3n) is 1.86. The first-order valence-corrected chi connectivity index (χ1v) is 3.02. The van der Waals surface area contributed by atoms with E-state index in [-0.39, 0.29) is 25.2 Å². The summed E-state index contributed by atoms with van der Waals surface area (Å²) >= 11 is 0. The molecule has 0 spiro atoms. The number of carbonyl (C=O) groups excluding carboxylic acids is 1. The predicted octanol–water partition coefficient (Wildman–Crippen LogP) is 0.741. The first kappa shape index (κ1) is 11.5. The molecular formula is C5H8ClF3N2O. The first-order valence-electron chi connectivity index (χ1n) is 3.02. The second-order valence-electron chi connectivity index (χ2n) is 2.55. The number of nitrogens with two attached hydrogens (primary N) is 1. The summed E-state index contributed by atoms with van der Waals surface area (Å²) in [5.41, 5.74) is -0.663. The normalized spacial score (nSPS) is 19.3. The molecule has 7 heteroatoms. The minimum absolute atomic E-state index is 0. The highest BCUT2D eigenvalue weighted by Crippen LogP contribution is 2.57. The molecule has 0 aliphatic heterocycles. The van der Waals surface area contributed by atoms with Crippen molar-refractivity contribution < 1.29 is 18.0 Å². The molecular weight excluding hydrogens is 197 g/mol. The molecule has 1 rings (SSSR count). The van der Waals surface area contributed by atoms with E-state index in [0.29, 0.717) is 0 Å². The van der Waals surface area contributed by atoms with E-state index < -0.39 is 17.5 Å². The van der Waals surface area contributed by atoms with Crippen LogP contribution in [0.1, 0.15) is 12.8 Å². The van der Waals surface area contributed by atoms with Gasteiger partial charge < -0.3 is 0 Å². The van der Waals surface area contributed by atoms with Gasteiger partial charge in [0.2, 0.25) is 5.91 Å². The number of amides is 1. The van der Waals surface area contributed by atoms with Gasteiger partial charge >= 0.3 is 6.18 Å². The van der Waals surface area contributed by atoms with Crippen LogP contribution in [0.2, 0.25) is 0 Å². The van der Waals surface area contributed by atoms with Gasteiger partial charge in [-0.1, -0.05) is 0 Å². The molecule has 3 N–H and O–H groups in total. The number of alkyl halides is 3. The van der Waals surface area contributed by atoms with Gasteiger partial charge in [0.25, 0.3) is 0 Å². The lowest BCUT2D eigenvalue weighted by atomic mass is 10.1. The number of halogens is 4. The van der Waals surface area contributed by atoms with Crippen LogP contribution in [0.5, 0.6) is 0 Å². The standard InChI is InChI=1S/C5H7F3N2O.ClH/c6-5(7,8)4(1-2-4)3(11)10-9;/h1-2,9H2,(H,10,11);1H. The van der Waals surface area contributed by atoms with Crippen molar-refractivity contribution in [3.63, 3.8) is 0 Å². The Morgan fingerprint density at radius 3 is 1.92 bits per heavy atom. The Morgan fingerprint density at radius 2 is 1.83 bits per heavy atom. The minimum atomic E-state index is -4.46. The number of hydrogen-bond acceptors (Lipinski definition) is 2. The van der Waals surface area contributed by atoms with E-state index in [2.05, 4.69) is 5.84 Å². The van der Waals surface area contributed by atoms with E-state index in [1.807, 2.05) is 0 Å². The van der Waals surface area contributed by atoms with Crippen LogP contribution >= 0.6 is 12.4 Å². The molecule has 1 fully saturated rings. The van der Waals surface area contributed by atoms with Crippen LogP contribution in [-0.4, -0.2) is 12.1 Å². The molecule has 1 saturated carbocycles. The third-order valence-corrected chi connectivity index (χ3v) is 1.86. The lowest BCUT2D eigenvalue weighted by molar-refractivity contribution is -0.192. The van der Waals surface area contributed by atoms with Crippen LogP contribution in [-0.2, 0) is 4.79 Å². The molecule has 12 heavy (non-hydrogen) atoms. The molecule has 0 heterocycles. The van der Waals surface area contributed by atoms with Gasteiger partial charge in [-0.25, -0.2) is 5.84 Å². The van der Waals surface area contributed by atoms with Crippen molar-refractivity contribution in [3.8, 4) is 0 Å². The first-order chi connectivity index (χ1) is 4.94. The number of carbonyl (C=O) groups is 1. The highest BCUT2D eigenvalue weighted by atomic mass is 35.5. The monoisotopic (exact) mass is 204 g/mol. The summed E-state index contributed by atoms with van der Waals surface area (Å²) in [5.74, 6) is 3.46. The van der Waals surface area contributed by atoms with Crippen molar-refractivity contribution in [1.29, 1.82) is 0 Å². The molecule has 0 unspecified atom stereocenters. The average Bonchev–Trinajstić information content (AvgIpc) is 2.63. The minimum Gasteiger partial charge on any atom is -0.293 e. The zero-order chi connectivity index (χ0) is 8.70. The van der Waals surface area contributed by atoms with Gasteiger partial charge in [0, 0.05) is 0 Å². The van der Waals surface area contributed by atoms with Crippen molar-refractivity contribution >= 4 is 18.3 Å². The summed E-state index contributed by atoms with van der Waals surface area (Å²) in [6.45, 7) is 0. The Bertz CT molecular complexity index is 190. The Hall–Kier alpha value is -0.490. The number of hydrogen-bond donors (Lipinski definition) is 2. The van der Waals surface area contributed by atoms with Crippen molar-refractivity contribution in [2.75, 3.05) is 0 Å². The van der Waals surface area contributed by atoms with Crippen LogP contribution in [0.15, 0.2) is 0 Å².